The third-order valence-corrected chi connectivity index (χ3v) is 8.29. The lowest BCUT2D eigenvalue weighted by atomic mass is 9.73. The number of nitrogens with one attached hydrogen (secondary N) is 2. The number of H-pyrrole nitrogens is 2. The minimum absolute atomic E-state index is 0.0236. The van der Waals surface area contributed by atoms with Crippen molar-refractivity contribution in [2.24, 2.45) is 11.1 Å². The number of nitrogens with zero attached hydrogens (tertiary/aromatic N) is 3. The van der Waals surface area contributed by atoms with E-state index in [4.69, 9.17) is 10.5 Å². The minimum atomic E-state index is -4.49. The van der Waals surface area contributed by atoms with Crippen LogP contribution in [0.2, 0.25) is 0 Å². The third-order valence-electron chi connectivity index (χ3n) is 8.29. The zero-order valence-electron chi connectivity index (χ0n) is 19.3. The van der Waals surface area contributed by atoms with Crippen LogP contribution in [0.1, 0.15) is 49.4 Å². The van der Waals surface area contributed by atoms with E-state index in [1.165, 1.54) is 12.1 Å². The van der Waals surface area contributed by atoms with E-state index >= 15 is 0 Å². The van der Waals surface area contributed by atoms with E-state index in [0.29, 0.717) is 44.2 Å². The molecule has 3 fully saturated rings. The van der Waals surface area contributed by atoms with Gasteiger partial charge in [0.05, 0.1) is 24.0 Å². The largest absolute Gasteiger partial charge is 0.416 e. The van der Waals surface area contributed by atoms with Gasteiger partial charge < -0.3 is 15.4 Å². The molecule has 2 saturated heterocycles. The Balaban J connectivity index is 1.33. The summed E-state index contributed by atoms with van der Waals surface area (Å²) in [6, 6.07) is 5.51. The Kier molecular flexibility index (Phi) is 4.85. The number of alkyl halides is 3. The second-order valence-corrected chi connectivity index (χ2v) is 10.2. The maximum absolute atomic E-state index is 13.7. The van der Waals surface area contributed by atoms with E-state index < -0.39 is 22.7 Å². The van der Waals surface area contributed by atoms with Crippen LogP contribution in [0.5, 0.6) is 0 Å². The standard InChI is InChI=1S/C24H27F3N6O2/c1-13-17(28)22(12-35-13)8-10-33(11-9-22)21-29-19-16(20(34)30-21)18(31-32-19)23(6-7-23)14-4-2-3-5-15(14)24(25,26)27/h2-5,13,17H,6-12,28H2,1H3,(H2,29,30,31,32,34)/t13-,17+/m0/s1. The molecule has 8 nitrogen and oxygen atoms in total. The lowest BCUT2D eigenvalue weighted by Crippen LogP contribution is -2.51. The van der Waals surface area contributed by atoms with Gasteiger partial charge in [-0.3, -0.25) is 14.9 Å². The molecule has 1 spiro atoms. The Hall–Kier alpha value is -2.92. The SMILES string of the molecule is C[C@@H]1OCC2(CCN(c3nc4n[nH]c(C5(c6ccccc6C(F)(F)F)CC5)c4c(=O)[nH]3)CC2)[C@@H]1N. The van der Waals surface area contributed by atoms with Gasteiger partial charge in [0.2, 0.25) is 5.95 Å². The van der Waals surface area contributed by atoms with Crippen molar-refractivity contribution in [2.45, 2.75) is 56.3 Å². The topological polar surface area (TPSA) is 113 Å². The predicted molar refractivity (Wildman–Crippen MR) is 123 cm³/mol. The molecule has 0 radical (unpaired) electrons. The zero-order chi connectivity index (χ0) is 24.6. The number of rotatable bonds is 3. The quantitative estimate of drug-likeness (QED) is 0.522. The third kappa shape index (κ3) is 3.39. The summed E-state index contributed by atoms with van der Waals surface area (Å²) in [6.07, 6.45) is -1.83. The van der Waals surface area contributed by atoms with Crippen LogP contribution in [0.25, 0.3) is 11.0 Å². The first-order valence-electron chi connectivity index (χ1n) is 11.9. The number of anilines is 1. The number of aromatic amines is 2. The average molecular weight is 489 g/mol. The molecular weight excluding hydrogens is 461 g/mol. The number of benzene rings is 1. The Morgan fingerprint density at radius 3 is 2.51 bits per heavy atom. The number of piperidine rings is 1. The van der Waals surface area contributed by atoms with Crippen molar-refractivity contribution in [3.05, 3.63) is 51.4 Å². The van der Waals surface area contributed by atoms with Gasteiger partial charge in [0.15, 0.2) is 5.65 Å². The fourth-order valence-electron chi connectivity index (χ4n) is 5.98. The molecule has 4 heterocycles. The highest BCUT2D eigenvalue weighted by Gasteiger charge is 2.53. The first kappa shape index (κ1) is 22.5. The van der Waals surface area contributed by atoms with Crippen molar-refractivity contribution >= 4 is 17.0 Å². The lowest BCUT2D eigenvalue weighted by molar-refractivity contribution is -0.138. The predicted octanol–water partition coefficient (Wildman–Crippen LogP) is 3.08. The van der Waals surface area contributed by atoms with Crippen molar-refractivity contribution in [1.29, 1.82) is 0 Å². The molecule has 6 rings (SSSR count). The smallest absolute Gasteiger partial charge is 0.376 e. The van der Waals surface area contributed by atoms with Crippen LogP contribution < -0.4 is 16.2 Å². The Morgan fingerprint density at radius 1 is 1.17 bits per heavy atom. The fraction of sp³-hybridized carbons (Fsp3) is 0.542. The maximum Gasteiger partial charge on any atom is 0.416 e. The maximum atomic E-state index is 13.7. The number of halogens is 3. The van der Waals surface area contributed by atoms with Crippen LogP contribution in [-0.4, -0.2) is 52.0 Å². The number of hydrogen-bond acceptors (Lipinski definition) is 6. The van der Waals surface area contributed by atoms with Crippen LogP contribution in [0, 0.1) is 5.41 Å². The molecule has 0 unspecified atom stereocenters. The Bertz CT molecular complexity index is 1340. The molecule has 2 aromatic heterocycles. The van der Waals surface area contributed by atoms with E-state index in [2.05, 4.69) is 20.2 Å². The minimum Gasteiger partial charge on any atom is -0.376 e. The van der Waals surface area contributed by atoms with E-state index in [1.807, 2.05) is 11.8 Å². The second-order valence-electron chi connectivity index (χ2n) is 10.2. The summed E-state index contributed by atoms with van der Waals surface area (Å²) in [7, 11) is 0. The number of nitrogens with two attached hydrogens (primary N) is 1. The molecular formula is C24H27F3N6O2. The molecule has 2 atom stereocenters. The number of hydrogen-bond donors (Lipinski definition) is 3. The van der Waals surface area contributed by atoms with Crippen molar-refractivity contribution in [1.82, 2.24) is 20.2 Å². The van der Waals surface area contributed by atoms with Gasteiger partial charge in [-0.15, -0.1) is 0 Å². The van der Waals surface area contributed by atoms with Gasteiger partial charge in [-0.25, -0.2) is 0 Å². The van der Waals surface area contributed by atoms with Crippen molar-refractivity contribution in [3.8, 4) is 0 Å². The average Bonchev–Trinajstić information content (AvgIpc) is 3.46. The summed E-state index contributed by atoms with van der Waals surface area (Å²) >= 11 is 0. The molecule has 1 saturated carbocycles. The van der Waals surface area contributed by atoms with Crippen LogP contribution >= 0.6 is 0 Å². The van der Waals surface area contributed by atoms with E-state index in [0.717, 1.165) is 18.9 Å². The molecule has 3 aliphatic rings. The van der Waals surface area contributed by atoms with Gasteiger partial charge in [0, 0.05) is 30.0 Å². The zero-order valence-corrected chi connectivity index (χ0v) is 19.3. The molecule has 1 aliphatic carbocycles. The van der Waals surface area contributed by atoms with Crippen LogP contribution in [-0.2, 0) is 16.3 Å². The summed E-state index contributed by atoms with van der Waals surface area (Å²) in [5.41, 5.74) is 5.09. The molecule has 186 valence electrons. The number of ether oxygens (including phenoxy) is 1. The van der Waals surface area contributed by atoms with Gasteiger partial charge in [-0.05, 0) is 44.2 Å². The highest BCUT2D eigenvalue weighted by atomic mass is 19.4. The molecule has 2 aliphatic heterocycles. The van der Waals surface area contributed by atoms with Gasteiger partial charge in [-0.2, -0.15) is 23.3 Å². The van der Waals surface area contributed by atoms with Gasteiger partial charge in [0.1, 0.15) is 5.39 Å². The lowest BCUT2D eigenvalue weighted by Gasteiger charge is -2.41. The summed E-state index contributed by atoms with van der Waals surface area (Å²) in [6.45, 7) is 3.96. The number of fused-ring (bicyclic) bond motifs is 1. The van der Waals surface area contributed by atoms with Gasteiger partial charge in [0.25, 0.3) is 5.56 Å². The molecule has 3 aromatic rings. The normalized spacial score (nSPS) is 25.5. The highest BCUT2D eigenvalue weighted by molar-refractivity contribution is 5.80. The fourth-order valence-corrected chi connectivity index (χ4v) is 5.98. The van der Waals surface area contributed by atoms with Crippen molar-refractivity contribution < 1.29 is 17.9 Å². The second kappa shape index (κ2) is 7.54. The van der Waals surface area contributed by atoms with Gasteiger partial charge >= 0.3 is 6.18 Å². The molecule has 35 heavy (non-hydrogen) atoms. The van der Waals surface area contributed by atoms with Crippen molar-refractivity contribution in [2.75, 3.05) is 24.6 Å². The Labute approximate surface area is 199 Å². The molecule has 0 amide bonds. The molecule has 11 heteroatoms. The Morgan fingerprint density at radius 2 is 1.89 bits per heavy atom. The van der Waals surface area contributed by atoms with Crippen LogP contribution in [0.15, 0.2) is 29.1 Å². The van der Waals surface area contributed by atoms with E-state index in [9.17, 15) is 18.0 Å². The monoisotopic (exact) mass is 488 g/mol. The van der Waals surface area contributed by atoms with E-state index in [1.54, 1.807) is 6.07 Å². The first-order chi connectivity index (χ1) is 16.6. The van der Waals surface area contributed by atoms with Crippen LogP contribution in [0.4, 0.5) is 19.1 Å². The van der Waals surface area contributed by atoms with Gasteiger partial charge in [-0.1, -0.05) is 18.2 Å². The molecule has 4 N–H and O–H groups in total. The van der Waals surface area contributed by atoms with E-state index in [-0.39, 0.29) is 34.2 Å². The first-order valence-corrected chi connectivity index (χ1v) is 11.9. The summed E-state index contributed by atoms with van der Waals surface area (Å²) in [5.74, 6) is 0.413. The molecule has 0 bridgehead atoms. The highest BCUT2D eigenvalue weighted by Crippen LogP contribution is 2.56. The molecule has 1 aromatic carbocycles. The summed E-state index contributed by atoms with van der Waals surface area (Å²) in [5, 5.41) is 7.33. The summed E-state index contributed by atoms with van der Waals surface area (Å²) < 4.78 is 47.0. The summed E-state index contributed by atoms with van der Waals surface area (Å²) in [4.78, 5) is 22.6. The van der Waals surface area contributed by atoms with Crippen LogP contribution in [0.3, 0.4) is 0 Å². The number of aromatic nitrogens is 4. The van der Waals surface area contributed by atoms with Crippen molar-refractivity contribution in [3.63, 3.8) is 0 Å².